The van der Waals surface area contributed by atoms with Gasteiger partial charge in [0.1, 0.15) is 0 Å². The van der Waals surface area contributed by atoms with Gasteiger partial charge in [-0.15, -0.1) is 0 Å². The largest absolute Gasteiger partial charge is 0.388 e. The van der Waals surface area contributed by atoms with Gasteiger partial charge in [-0.05, 0) is 43.6 Å². The van der Waals surface area contributed by atoms with Crippen molar-refractivity contribution < 1.29 is 5.11 Å². The summed E-state index contributed by atoms with van der Waals surface area (Å²) in [6, 6.07) is 5.26. The fraction of sp³-hybridized carbons (Fsp3) is 0.571. The molecule has 0 amide bonds. The summed E-state index contributed by atoms with van der Waals surface area (Å²) in [6.45, 7) is 4.01. The van der Waals surface area contributed by atoms with Gasteiger partial charge in [-0.25, -0.2) is 0 Å². The van der Waals surface area contributed by atoms with Crippen molar-refractivity contribution in [3.63, 3.8) is 0 Å². The Morgan fingerprint density at radius 1 is 1.17 bits per heavy atom. The van der Waals surface area contributed by atoms with Crippen LogP contribution in [-0.4, -0.2) is 18.2 Å². The Bertz CT molecular complexity index is 358. The number of aliphatic hydroxyl groups is 1. The number of nitrogens with one attached hydrogen (secondary N) is 1. The molecule has 18 heavy (non-hydrogen) atoms. The first kappa shape index (κ1) is 15.8. The second-order valence-electron chi connectivity index (χ2n) is 4.44. The summed E-state index contributed by atoms with van der Waals surface area (Å²) in [4.78, 5) is 0. The van der Waals surface area contributed by atoms with Crippen LogP contribution in [0.2, 0.25) is 10.0 Å². The second kappa shape index (κ2) is 8.76. The van der Waals surface area contributed by atoms with Gasteiger partial charge in [0.05, 0.1) is 16.1 Å². The van der Waals surface area contributed by atoms with Crippen molar-refractivity contribution in [3.8, 4) is 0 Å². The molecule has 4 heteroatoms. The van der Waals surface area contributed by atoms with Gasteiger partial charge in [-0.3, -0.25) is 0 Å². The topological polar surface area (TPSA) is 32.3 Å². The van der Waals surface area contributed by atoms with Crippen molar-refractivity contribution in [2.24, 2.45) is 0 Å². The summed E-state index contributed by atoms with van der Waals surface area (Å²) in [5, 5.41) is 14.3. The molecule has 2 N–H and O–H groups in total. The standard InChI is InChI=1S/C14H21Cl2NO/c1-2-3-4-8-17-9-7-14(18)11-5-6-12(15)13(16)10-11/h5-6,10,14,17-18H,2-4,7-9H2,1H3. The lowest BCUT2D eigenvalue weighted by Crippen LogP contribution is -2.18. The molecule has 0 fully saturated rings. The molecule has 0 saturated carbocycles. The molecule has 1 aromatic carbocycles. The van der Waals surface area contributed by atoms with E-state index in [9.17, 15) is 5.11 Å². The maximum Gasteiger partial charge on any atom is 0.0802 e. The zero-order valence-electron chi connectivity index (χ0n) is 10.8. The van der Waals surface area contributed by atoms with E-state index in [2.05, 4.69) is 12.2 Å². The highest BCUT2D eigenvalue weighted by atomic mass is 35.5. The van der Waals surface area contributed by atoms with E-state index in [1.165, 1.54) is 19.3 Å². The number of hydrogen-bond donors (Lipinski definition) is 2. The highest BCUT2D eigenvalue weighted by Gasteiger charge is 2.08. The molecule has 1 aromatic rings. The lowest BCUT2D eigenvalue weighted by Gasteiger charge is -2.12. The minimum Gasteiger partial charge on any atom is -0.388 e. The molecule has 0 heterocycles. The first-order valence-electron chi connectivity index (χ1n) is 6.49. The van der Waals surface area contributed by atoms with Crippen LogP contribution in [0.5, 0.6) is 0 Å². The number of halogens is 2. The molecule has 1 atom stereocenters. The summed E-state index contributed by atoms with van der Waals surface area (Å²) in [6.07, 6.45) is 3.87. The van der Waals surface area contributed by atoms with Gasteiger partial charge in [-0.2, -0.15) is 0 Å². The number of unbranched alkanes of at least 4 members (excludes halogenated alkanes) is 2. The summed E-state index contributed by atoms with van der Waals surface area (Å²) >= 11 is 11.8. The molecule has 1 unspecified atom stereocenters. The van der Waals surface area contributed by atoms with Gasteiger partial charge in [0.25, 0.3) is 0 Å². The van der Waals surface area contributed by atoms with Gasteiger partial charge >= 0.3 is 0 Å². The van der Waals surface area contributed by atoms with Crippen LogP contribution in [0.15, 0.2) is 18.2 Å². The van der Waals surface area contributed by atoms with Crippen LogP contribution in [0.1, 0.15) is 44.3 Å². The van der Waals surface area contributed by atoms with E-state index in [1.807, 2.05) is 6.07 Å². The van der Waals surface area contributed by atoms with Crippen molar-refractivity contribution >= 4 is 23.2 Å². The van der Waals surface area contributed by atoms with E-state index in [0.717, 1.165) is 18.7 Å². The predicted molar refractivity (Wildman–Crippen MR) is 78.4 cm³/mol. The van der Waals surface area contributed by atoms with Crippen LogP contribution in [0.25, 0.3) is 0 Å². The molecule has 0 aliphatic rings. The lowest BCUT2D eigenvalue weighted by atomic mass is 10.1. The van der Waals surface area contributed by atoms with Crippen molar-refractivity contribution in [2.75, 3.05) is 13.1 Å². The van der Waals surface area contributed by atoms with Gasteiger partial charge in [0.15, 0.2) is 0 Å². The summed E-state index contributed by atoms with van der Waals surface area (Å²) < 4.78 is 0. The van der Waals surface area contributed by atoms with Crippen molar-refractivity contribution in [2.45, 2.75) is 38.7 Å². The molecular weight excluding hydrogens is 269 g/mol. The Morgan fingerprint density at radius 2 is 1.94 bits per heavy atom. The Kier molecular flexibility index (Phi) is 7.68. The van der Waals surface area contributed by atoms with E-state index >= 15 is 0 Å². The number of aliphatic hydroxyl groups excluding tert-OH is 1. The molecule has 2 nitrogen and oxygen atoms in total. The molecule has 0 aliphatic carbocycles. The Labute approximate surface area is 119 Å². The third-order valence-corrected chi connectivity index (χ3v) is 3.62. The Hall–Kier alpha value is -0.280. The van der Waals surface area contributed by atoms with Crippen LogP contribution in [0, 0.1) is 0 Å². The average Bonchev–Trinajstić information content (AvgIpc) is 2.36. The highest BCUT2D eigenvalue weighted by Crippen LogP contribution is 2.26. The van der Waals surface area contributed by atoms with Gasteiger partial charge < -0.3 is 10.4 Å². The van der Waals surface area contributed by atoms with Crippen molar-refractivity contribution in [1.82, 2.24) is 5.32 Å². The zero-order valence-corrected chi connectivity index (χ0v) is 12.3. The number of rotatable bonds is 8. The molecule has 0 aliphatic heterocycles. The van der Waals surface area contributed by atoms with Crippen LogP contribution < -0.4 is 5.32 Å². The molecule has 0 aromatic heterocycles. The van der Waals surface area contributed by atoms with Crippen LogP contribution >= 0.6 is 23.2 Å². The maximum absolute atomic E-state index is 10.00. The smallest absolute Gasteiger partial charge is 0.0802 e. The first-order valence-corrected chi connectivity index (χ1v) is 7.24. The average molecular weight is 290 g/mol. The fourth-order valence-corrected chi connectivity index (χ4v) is 2.06. The highest BCUT2D eigenvalue weighted by molar-refractivity contribution is 6.42. The molecule has 0 saturated heterocycles. The van der Waals surface area contributed by atoms with E-state index in [1.54, 1.807) is 12.1 Å². The Balaban J connectivity index is 2.27. The van der Waals surface area contributed by atoms with Crippen LogP contribution in [-0.2, 0) is 0 Å². The lowest BCUT2D eigenvalue weighted by molar-refractivity contribution is 0.167. The third-order valence-electron chi connectivity index (χ3n) is 2.88. The molecular formula is C14H21Cl2NO. The van der Waals surface area contributed by atoms with E-state index in [0.29, 0.717) is 16.5 Å². The SMILES string of the molecule is CCCCCNCCC(O)c1ccc(Cl)c(Cl)c1. The zero-order chi connectivity index (χ0) is 13.4. The van der Waals surface area contributed by atoms with Crippen molar-refractivity contribution in [1.29, 1.82) is 0 Å². The molecule has 1 rings (SSSR count). The minimum absolute atomic E-state index is 0.488. The maximum atomic E-state index is 10.00. The molecule has 102 valence electrons. The van der Waals surface area contributed by atoms with E-state index < -0.39 is 6.10 Å². The number of hydrogen-bond acceptors (Lipinski definition) is 2. The molecule has 0 spiro atoms. The summed E-state index contributed by atoms with van der Waals surface area (Å²) in [5.74, 6) is 0. The van der Waals surface area contributed by atoms with Crippen LogP contribution in [0.4, 0.5) is 0 Å². The molecule has 0 radical (unpaired) electrons. The summed E-state index contributed by atoms with van der Waals surface area (Å²) in [7, 11) is 0. The van der Waals surface area contributed by atoms with Gasteiger partial charge in [0.2, 0.25) is 0 Å². The normalized spacial score (nSPS) is 12.7. The van der Waals surface area contributed by atoms with E-state index in [4.69, 9.17) is 23.2 Å². The quantitative estimate of drug-likeness (QED) is 0.703. The van der Waals surface area contributed by atoms with Crippen molar-refractivity contribution in [3.05, 3.63) is 33.8 Å². The number of benzene rings is 1. The fourth-order valence-electron chi connectivity index (χ4n) is 1.75. The van der Waals surface area contributed by atoms with Gasteiger partial charge in [0, 0.05) is 0 Å². The van der Waals surface area contributed by atoms with E-state index in [-0.39, 0.29) is 0 Å². The van der Waals surface area contributed by atoms with Gasteiger partial charge in [-0.1, -0.05) is 49.0 Å². The Morgan fingerprint density at radius 3 is 2.61 bits per heavy atom. The molecule has 0 bridgehead atoms. The first-order chi connectivity index (χ1) is 8.65. The monoisotopic (exact) mass is 289 g/mol. The predicted octanol–water partition coefficient (Wildman–Crippen LogP) is 4.20. The second-order valence-corrected chi connectivity index (χ2v) is 5.25. The van der Waals surface area contributed by atoms with Crippen LogP contribution in [0.3, 0.4) is 0 Å². The minimum atomic E-state index is -0.488. The summed E-state index contributed by atoms with van der Waals surface area (Å²) in [5.41, 5.74) is 0.819. The third kappa shape index (κ3) is 5.57.